The van der Waals surface area contributed by atoms with Crippen molar-refractivity contribution < 1.29 is 29.4 Å². The van der Waals surface area contributed by atoms with E-state index in [0.29, 0.717) is 5.69 Å². The van der Waals surface area contributed by atoms with Crippen LogP contribution in [0, 0.1) is 11.8 Å². The van der Waals surface area contributed by atoms with Crippen molar-refractivity contribution in [3.05, 3.63) is 18.2 Å². The summed E-state index contributed by atoms with van der Waals surface area (Å²) in [7, 11) is 0. The zero-order chi connectivity index (χ0) is 24.4. The maximum atomic E-state index is 12.8. The standard InChI is InChI=1S/C20H34N6O6/c1-10(2)5-14(20(31)32)25-17(28)13(6-12-7-22-9-23-12)24-18(29)15(8-27)26-19(30)16(21)11(3)4/h7,9-11,13-16,27H,5-6,8,21H2,1-4H3,(H,22,23)(H,24,29)(H,25,28)(H,26,30)(H,31,32). The number of nitrogens with zero attached hydrogens (tertiary/aromatic N) is 1. The van der Waals surface area contributed by atoms with Gasteiger partial charge in [-0.05, 0) is 18.3 Å². The van der Waals surface area contributed by atoms with E-state index in [9.17, 15) is 29.4 Å². The van der Waals surface area contributed by atoms with Crippen LogP contribution in [0.15, 0.2) is 12.5 Å². The number of hydrogen-bond donors (Lipinski definition) is 7. The van der Waals surface area contributed by atoms with Gasteiger partial charge in [-0.15, -0.1) is 0 Å². The molecular weight excluding hydrogens is 420 g/mol. The predicted molar refractivity (Wildman–Crippen MR) is 115 cm³/mol. The van der Waals surface area contributed by atoms with Crippen LogP contribution in [0.5, 0.6) is 0 Å². The van der Waals surface area contributed by atoms with Crippen LogP contribution in [0.1, 0.15) is 39.8 Å². The van der Waals surface area contributed by atoms with Gasteiger partial charge in [0.25, 0.3) is 0 Å². The van der Waals surface area contributed by atoms with E-state index >= 15 is 0 Å². The van der Waals surface area contributed by atoms with E-state index in [2.05, 4.69) is 25.9 Å². The van der Waals surface area contributed by atoms with Gasteiger partial charge in [-0.1, -0.05) is 27.7 Å². The summed E-state index contributed by atoms with van der Waals surface area (Å²) in [5.74, 6) is -3.52. The van der Waals surface area contributed by atoms with Crippen molar-refractivity contribution >= 4 is 23.7 Å². The van der Waals surface area contributed by atoms with Gasteiger partial charge in [0.2, 0.25) is 17.7 Å². The molecule has 3 amide bonds. The number of aromatic nitrogens is 2. The SMILES string of the molecule is CC(C)CC(NC(=O)C(Cc1cnc[nH]1)NC(=O)C(CO)NC(=O)C(N)C(C)C)C(=O)O. The molecule has 0 saturated carbocycles. The number of aliphatic hydroxyl groups is 1. The number of nitrogens with one attached hydrogen (secondary N) is 4. The van der Waals surface area contributed by atoms with Crippen LogP contribution in [0.2, 0.25) is 0 Å². The number of carboxylic acid groups (broad SMARTS) is 1. The Balaban J connectivity index is 2.97. The van der Waals surface area contributed by atoms with E-state index in [1.54, 1.807) is 13.8 Å². The van der Waals surface area contributed by atoms with Gasteiger partial charge < -0.3 is 36.9 Å². The molecule has 4 unspecified atom stereocenters. The number of hydrogen-bond acceptors (Lipinski definition) is 7. The highest BCUT2D eigenvalue weighted by atomic mass is 16.4. The minimum absolute atomic E-state index is 0.0104. The molecule has 0 spiro atoms. The fraction of sp³-hybridized carbons (Fsp3) is 0.650. The summed E-state index contributed by atoms with van der Waals surface area (Å²) in [5.41, 5.74) is 6.29. The minimum Gasteiger partial charge on any atom is -0.480 e. The molecule has 1 aromatic heterocycles. The molecule has 32 heavy (non-hydrogen) atoms. The molecule has 180 valence electrons. The zero-order valence-electron chi connectivity index (χ0n) is 18.8. The zero-order valence-corrected chi connectivity index (χ0v) is 18.8. The van der Waals surface area contributed by atoms with Gasteiger partial charge in [-0.2, -0.15) is 0 Å². The van der Waals surface area contributed by atoms with Crippen molar-refractivity contribution in [2.45, 2.75) is 64.7 Å². The smallest absolute Gasteiger partial charge is 0.326 e. The normalized spacial score (nSPS) is 15.0. The Bertz CT molecular complexity index is 767. The Morgan fingerprint density at radius 3 is 2.03 bits per heavy atom. The Kier molecular flexibility index (Phi) is 10.8. The van der Waals surface area contributed by atoms with E-state index in [4.69, 9.17) is 5.73 Å². The van der Waals surface area contributed by atoms with Crippen LogP contribution in [0.25, 0.3) is 0 Å². The Morgan fingerprint density at radius 2 is 1.56 bits per heavy atom. The third-order valence-corrected chi connectivity index (χ3v) is 4.77. The van der Waals surface area contributed by atoms with Crippen molar-refractivity contribution in [2.24, 2.45) is 17.6 Å². The summed E-state index contributed by atoms with van der Waals surface area (Å²) < 4.78 is 0. The first-order chi connectivity index (χ1) is 15.0. The maximum absolute atomic E-state index is 12.8. The highest BCUT2D eigenvalue weighted by Crippen LogP contribution is 2.07. The van der Waals surface area contributed by atoms with Crippen LogP contribution >= 0.6 is 0 Å². The van der Waals surface area contributed by atoms with Crippen molar-refractivity contribution in [2.75, 3.05) is 6.61 Å². The fourth-order valence-electron chi connectivity index (χ4n) is 2.83. The average Bonchev–Trinajstić information content (AvgIpc) is 3.22. The number of carbonyl (C=O) groups is 4. The van der Waals surface area contributed by atoms with Gasteiger partial charge in [0, 0.05) is 18.3 Å². The van der Waals surface area contributed by atoms with Gasteiger partial charge in [0.1, 0.15) is 18.1 Å². The Labute approximate surface area is 186 Å². The number of carboxylic acids is 1. The number of imidazole rings is 1. The van der Waals surface area contributed by atoms with Crippen molar-refractivity contribution in [1.29, 1.82) is 0 Å². The number of rotatable bonds is 13. The van der Waals surface area contributed by atoms with Crippen LogP contribution in [0.4, 0.5) is 0 Å². The average molecular weight is 455 g/mol. The lowest BCUT2D eigenvalue weighted by Gasteiger charge is -2.25. The highest BCUT2D eigenvalue weighted by Gasteiger charge is 2.31. The van der Waals surface area contributed by atoms with Gasteiger partial charge in [-0.3, -0.25) is 14.4 Å². The maximum Gasteiger partial charge on any atom is 0.326 e. The van der Waals surface area contributed by atoms with Gasteiger partial charge in [-0.25, -0.2) is 9.78 Å². The first-order valence-electron chi connectivity index (χ1n) is 10.4. The molecule has 1 heterocycles. The molecule has 12 nitrogen and oxygen atoms in total. The molecule has 0 fully saturated rings. The number of H-pyrrole nitrogens is 1. The van der Waals surface area contributed by atoms with Crippen molar-refractivity contribution in [3.8, 4) is 0 Å². The van der Waals surface area contributed by atoms with E-state index in [1.165, 1.54) is 12.5 Å². The molecule has 0 radical (unpaired) electrons. The lowest BCUT2D eigenvalue weighted by molar-refractivity contribution is -0.142. The molecule has 8 N–H and O–H groups in total. The first kappa shape index (κ1) is 27.0. The summed E-state index contributed by atoms with van der Waals surface area (Å²) in [6.45, 7) is 6.40. The van der Waals surface area contributed by atoms with E-state index in [1.807, 2.05) is 13.8 Å². The second kappa shape index (κ2) is 12.8. The summed E-state index contributed by atoms with van der Waals surface area (Å²) in [5, 5.41) is 26.3. The van der Waals surface area contributed by atoms with E-state index in [0.717, 1.165) is 0 Å². The molecule has 1 aromatic rings. The lowest BCUT2D eigenvalue weighted by Crippen LogP contribution is -2.59. The molecule has 1 rings (SSSR count). The van der Waals surface area contributed by atoms with Gasteiger partial charge >= 0.3 is 5.97 Å². The number of aromatic amines is 1. The van der Waals surface area contributed by atoms with Gasteiger partial charge in [0.15, 0.2) is 0 Å². The molecule has 0 aliphatic rings. The fourth-order valence-corrected chi connectivity index (χ4v) is 2.83. The Morgan fingerprint density at radius 1 is 1.00 bits per heavy atom. The highest BCUT2D eigenvalue weighted by molar-refractivity contribution is 5.94. The summed E-state index contributed by atoms with van der Waals surface area (Å²) in [6.07, 6.45) is 3.05. The molecule has 0 saturated heterocycles. The quantitative estimate of drug-likeness (QED) is 0.187. The number of amides is 3. The van der Waals surface area contributed by atoms with Gasteiger partial charge in [0.05, 0.1) is 19.0 Å². The molecular formula is C20H34N6O6. The predicted octanol–water partition coefficient (Wildman–Crippen LogP) is -1.49. The second-order valence-electron chi connectivity index (χ2n) is 8.38. The van der Waals surface area contributed by atoms with Crippen molar-refractivity contribution in [3.63, 3.8) is 0 Å². The van der Waals surface area contributed by atoms with Crippen LogP contribution in [0.3, 0.4) is 0 Å². The van der Waals surface area contributed by atoms with Crippen LogP contribution in [-0.4, -0.2) is 74.6 Å². The van der Waals surface area contributed by atoms with E-state index < -0.39 is 54.5 Å². The lowest BCUT2D eigenvalue weighted by atomic mass is 10.0. The monoisotopic (exact) mass is 454 g/mol. The second-order valence-corrected chi connectivity index (χ2v) is 8.38. The van der Waals surface area contributed by atoms with Crippen LogP contribution < -0.4 is 21.7 Å². The molecule has 0 bridgehead atoms. The number of carbonyl (C=O) groups excluding carboxylic acids is 3. The largest absolute Gasteiger partial charge is 0.480 e. The molecule has 4 atom stereocenters. The molecule has 0 aliphatic heterocycles. The number of aliphatic hydroxyl groups excluding tert-OH is 1. The summed E-state index contributed by atoms with van der Waals surface area (Å²) in [4.78, 5) is 55.9. The minimum atomic E-state index is -1.34. The number of aliphatic carboxylic acids is 1. The summed E-state index contributed by atoms with van der Waals surface area (Å²) >= 11 is 0. The number of nitrogens with two attached hydrogens (primary N) is 1. The third kappa shape index (κ3) is 8.63. The topological polar surface area (TPSA) is 200 Å². The molecule has 0 aromatic carbocycles. The molecule has 0 aliphatic carbocycles. The third-order valence-electron chi connectivity index (χ3n) is 4.77. The Hall–Kier alpha value is -2.99. The first-order valence-corrected chi connectivity index (χ1v) is 10.4. The van der Waals surface area contributed by atoms with E-state index in [-0.39, 0.29) is 24.7 Å². The van der Waals surface area contributed by atoms with Crippen molar-refractivity contribution in [1.82, 2.24) is 25.9 Å². The summed E-state index contributed by atoms with van der Waals surface area (Å²) in [6, 6.07) is -4.54. The molecule has 12 heteroatoms. The van der Waals surface area contributed by atoms with Crippen LogP contribution in [-0.2, 0) is 25.6 Å².